The second-order valence-electron chi connectivity index (χ2n) is 6.37. The van der Waals surface area contributed by atoms with Crippen molar-refractivity contribution in [2.75, 3.05) is 11.5 Å². The molecule has 4 heterocycles. The summed E-state index contributed by atoms with van der Waals surface area (Å²) in [6.45, 7) is 3.89. The van der Waals surface area contributed by atoms with Gasteiger partial charge in [-0.15, -0.1) is 0 Å². The average Bonchev–Trinajstić information content (AvgIpc) is 3.08. The SMILES string of the molecule is Cc1ccc(-c2cnc3c(c2)c(C)nn3C2CCS(=O)(=O)C2)cn1. The van der Waals surface area contributed by atoms with E-state index in [1.807, 2.05) is 32.2 Å². The van der Waals surface area contributed by atoms with Gasteiger partial charge < -0.3 is 0 Å². The second kappa shape index (κ2) is 5.37. The molecule has 1 saturated heterocycles. The molecule has 6 nitrogen and oxygen atoms in total. The first-order valence-electron chi connectivity index (χ1n) is 7.91. The predicted octanol–water partition coefficient (Wildman–Crippen LogP) is 2.47. The van der Waals surface area contributed by atoms with E-state index in [-0.39, 0.29) is 17.5 Å². The van der Waals surface area contributed by atoms with Crippen molar-refractivity contribution in [3.63, 3.8) is 0 Å². The summed E-state index contributed by atoms with van der Waals surface area (Å²) in [6.07, 6.45) is 4.24. The molecule has 0 amide bonds. The summed E-state index contributed by atoms with van der Waals surface area (Å²) in [5, 5.41) is 5.52. The van der Waals surface area contributed by atoms with Gasteiger partial charge in [-0.2, -0.15) is 5.10 Å². The zero-order valence-electron chi connectivity index (χ0n) is 13.6. The standard InChI is InChI=1S/C17H18N4O2S/c1-11-3-4-13(8-18-11)14-7-16-12(2)20-21(17(16)19-9-14)15-5-6-24(22,23)10-15/h3-4,7-9,15H,5-6,10H2,1-2H3. The molecule has 0 saturated carbocycles. The van der Waals surface area contributed by atoms with E-state index in [4.69, 9.17) is 0 Å². The molecule has 1 fully saturated rings. The largest absolute Gasteiger partial charge is 0.261 e. The summed E-state index contributed by atoms with van der Waals surface area (Å²) < 4.78 is 25.3. The Kier molecular flexibility index (Phi) is 3.42. The first-order chi connectivity index (χ1) is 11.4. The van der Waals surface area contributed by atoms with Gasteiger partial charge in [0.15, 0.2) is 15.5 Å². The molecule has 7 heteroatoms. The van der Waals surface area contributed by atoms with Crippen LogP contribution in [0.2, 0.25) is 0 Å². The Bertz CT molecular complexity index is 1020. The molecule has 24 heavy (non-hydrogen) atoms. The van der Waals surface area contributed by atoms with Crippen LogP contribution in [-0.2, 0) is 9.84 Å². The molecule has 4 rings (SSSR count). The van der Waals surface area contributed by atoms with Gasteiger partial charge in [0.2, 0.25) is 0 Å². The summed E-state index contributed by atoms with van der Waals surface area (Å²) >= 11 is 0. The minimum absolute atomic E-state index is 0.120. The normalized spacial score (nSPS) is 19.8. The topological polar surface area (TPSA) is 77.7 Å². The molecule has 0 spiro atoms. The van der Waals surface area contributed by atoms with E-state index in [2.05, 4.69) is 21.1 Å². The lowest BCUT2D eigenvalue weighted by molar-refractivity contribution is 0.509. The molecule has 3 aromatic heterocycles. The molecule has 1 aliphatic rings. The monoisotopic (exact) mass is 342 g/mol. The number of nitrogens with zero attached hydrogens (tertiary/aromatic N) is 4. The maximum atomic E-state index is 11.8. The van der Waals surface area contributed by atoms with E-state index < -0.39 is 9.84 Å². The van der Waals surface area contributed by atoms with E-state index in [0.717, 1.165) is 33.5 Å². The molecule has 1 atom stereocenters. The van der Waals surface area contributed by atoms with Crippen LogP contribution in [-0.4, -0.2) is 39.7 Å². The van der Waals surface area contributed by atoms with Gasteiger partial charge in [-0.1, -0.05) is 6.07 Å². The van der Waals surface area contributed by atoms with Crippen LogP contribution in [0.3, 0.4) is 0 Å². The number of hydrogen-bond acceptors (Lipinski definition) is 5. The maximum absolute atomic E-state index is 11.8. The number of pyridine rings is 2. The third kappa shape index (κ3) is 2.58. The number of sulfone groups is 1. The molecule has 0 radical (unpaired) electrons. The zero-order chi connectivity index (χ0) is 16.9. The first-order valence-corrected chi connectivity index (χ1v) is 9.73. The highest BCUT2D eigenvalue weighted by molar-refractivity contribution is 7.91. The Morgan fingerprint density at radius 2 is 1.92 bits per heavy atom. The number of aryl methyl sites for hydroxylation is 2. The summed E-state index contributed by atoms with van der Waals surface area (Å²) in [5.74, 6) is 0.375. The molecule has 1 aliphatic heterocycles. The Morgan fingerprint density at radius 1 is 1.12 bits per heavy atom. The highest BCUT2D eigenvalue weighted by atomic mass is 32.2. The molecular weight excluding hydrogens is 324 g/mol. The Hall–Kier alpha value is -2.28. The van der Waals surface area contributed by atoms with Gasteiger partial charge >= 0.3 is 0 Å². The van der Waals surface area contributed by atoms with Gasteiger partial charge in [-0.3, -0.25) is 4.98 Å². The summed E-state index contributed by atoms with van der Waals surface area (Å²) in [6, 6.07) is 5.93. The fourth-order valence-corrected chi connectivity index (χ4v) is 4.88. The molecule has 0 bridgehead atoms. The summed E-state index contributed by atoms with van der Waals surface area (Å²) in [4.78, 5) is 8.90. The van der Waals surface area contributed by atoms with E-state index in [0.29, 0.717) is 6.42 Å². The lowest BCUT2D eigenvalue weighted by atomic mass is 10.1. The second-order valence-corrected chi connectivity index (χ2v) is 8.60. The number of aromatic nitrogens is 4. The van der Waals surface area contributed by atoms with Crippen LogP contribution in [0.25, 0.3) is 22.2 Å². The van der Waals surface area contributed by atoms with Crippen LogP contribution in [0, 0.1) is 13.8 Å². The van der Waals surface area contributed by atoms with Crippen LogP contribution >= 0.6 is 0 Å². The first kappa shape index (κ1) is 15.3. The van der Waals surface area contributed by atoms with Crippen LogP contribution < -0.4 is 0 Å². The number of fused-ring (bicyclic) bond motifs is 1. The lowest BCUT2D eigenvalue weighted by Crippen LogP contribution is -2.13. The third-order valence-electron chi connectivity index (χ3n) is 4.53. The fraction of sp³-hybridized carbons (Fsp3) is 0.353. The minimum Gasteiger partial charge on any atom is -0.261 e. The third-order valence-corrected chi connectivity index (χ3v) is 6.28. The average molecular weight is 342 g/mol. The van der Waals surface area contributed by atoms with E-state index in [1.165, 1.54) is 0 Å². The number of hydrogen-bond donors (Lipinski definition) is 0. The van der Waals surface area contributed by atoms with Crippen LogP contribution in [0.1, 0.15) is 23.9 Å². The highest BCUT2D eigenvalue weighted by Crippen LogP contribution is 2.29. The summed E-state index contributed by atoms with van der Waals surface area (Å²) in [5.41, 5.74) is 4.57. The van der Waals surface area contributed by atoms with Crippen molar-refractivity contribution in [3.8, 4) is 11.1 Å². The summed E-state index contributed by atoms with van der Waals surface area (Å²) in [7, 11) is -2.96. The predicted molar refractivity (Wildman–Crippen MR) is 92.5 cm³/mol. The Labute approximate surface area is 140 Å². The van der Waals surface area contributed by atoms with Crippen molar-refractivity contribution in [2.45, 2.75) is 26.3 Å². The van der Waals surface area contributed by atoms with Gasteiger partial charge in [-0.05, 0) is 32.4 Å². The molecule has 0 aromatic carbocycles. The zero-order valence-corrected chi connectivity index (χ0v) is 14.4. The van der Waals surface area contributed by atoms with Crippen molar-refractivity contribution < 1.29 is 8.42 Å². The van der Waals surface area contributed by atoms with Gasteiger partial charge in [-0.25, -0.2) is 18.1 Å². The molecule has 3 aromatic rings. The van der Waals surface area contributed by atoms with Crippen molar-refractivity contribution >= 4 is 20.9 Å². The van der Waals surface area contributed by atoms with Gasteiger partial charge in [0.25, 0.3) is 0 Å². The molecule has 1 unspecified atom stereocenters. The van der Waals surface area contributed by atoms with Crippen LogP contribution in [0.4, 0.5) is 0 Å². The number of rotatable bonds is 2. The molecule has 124 valence electrons. The Morgan fingerprint density at radius 3 is 2.58 bits per heavy atom. The van der Waals surface area contributed by atoms with Crippen molar-refractivity contribution in [1.29, 1.82) is 0 Å². The molecule has 0 aliphatic carbocycles. The maximum Gasteiger partial charge on any atom is 0.158 e. The van der Waals surface area contributed by atoms with Gasteiger partial charge in [0.05, 0.1) is 23.2 Å². The fourth-order valence-electron chi connectivity index (χ4n) is 3.19. The molecule has 0 N–H and O–H groups in total. The highest BCUT2D eigenvalue weighted by Gasteiger charge is 2.31. The van der Waals surface area contributed by atoms with Crippen molar-refractivity contribution in [1.82, 2.24) is 19.7 Å². The van der Waals surface area contributed by atoms with Gasteiger partial charge in [0, 0.05) is 34.6 Å². The Balaban J connectivity index is 1.79. The van der Waals surface area contributed by atoms with E-state index >= 15 is 0 Å². The molecular formula is C17H18N4O2S. The van der Waals surface area contributed by atoms with Crippen molar-refractivity contribution in [3.05, 3.63) is 42.0 Å². The smallest absolute Gasteiger partial charge is 0.158 e. The van der Waals surface area contributed by atoms with E-state index in [9.17, 15) is 8.42 Å². The quantitative estimate of drug-likeness (QED) is 0.715. The lowest BCUT2D eigenvalue weighted by Gasteiger charge is -2.09. The van der Waals surface area contributed by atoms with Crippen LogP contribution in [0.15, 0.2) is 30.6 Å². The minimum atomic E-state index is -2.96. The van der Waals surface area contributed by atoms with Gasteiger partial charge in [0.1, 0.15) is 0 Å². The van der Waals surface area contributed by atoms with Crippen molar-refractivity contribution in [2.24, 2.45) is 0 Å². The van der Waals surface area contributed by atoms with Crippen LogP contribution in [0.5, 0.6) is 0 Å². The van der Waals surface area contributed by atoms with E-state index in [1.54, 1.807) is 10.9 Å².